The van der Waals surface area contributed by atoms with Crippen LogP contribution in [0.1, 0.15) is 11.3 Å². The van der Waals surface area contributed by atoms with Crippen molar-refractivity contribution in [2.45, 2.75) is 13.1 Å². The third kappa shape index (κ3) is 2.99. The number of nitrogen functional groups attached to an aromatic ring is 1. The maximum atomic E-state index is 5.39. The zero-order valence-corrected chi connectivity index (χ0v) is 8.80. The lowest BCUT2D eigenvalue weighted by molar-refractivity contribution is 0.676. The van der Waals surface area contributed by atoms with E-state index >= 15 is 0 Å². The summed E-state index contributed by atoms with van der Waals surface area (Å²) in [6.07, 6.45) is 5.21. The van der Waals surface area contributed by atoms with Gasteiger partial charge in [-0.15, -0.1) is 0 Å². The van der Waals surface area contributed by atoms with Gasteiger partial charge in [-0.25, -0.2) is 9.97 Å². The second kappa shape index (κ2) is 5.18. The number of pyridine rings is 1. The zero-order valence-electron chi connectivity index (χ0n) is 8.80. The van der Waals surface area contributed by atoms with E-state index in [2.05, 4.69) is 20.3 Å². The Hall–Kier alpha value is -2.01. The standard InChI is InChI=1S/C11H13N5/c12-11-15-6-9(7-16-11)5-13-8-10-3-1-2-4-14-10/h1-4,6-7,13H,5,8H2,(H2,12,15,16). The molecule has 2 aromatic rings. The average Bonchev–Trinajstić information content (AvgIpc) is 2.33. The summed E-state index contributed by atoms with van der Waals surface area (Å²) >= 11 is 0. The Bertz CT molecular complexity index is 426. The highest BCUT2D eigenvalue weighted by Gasteiger charge is 1.95. The molecule has 3 N–H and O–H groups in total. The monoisotopic (exact) mass is 215 g/mol. The number of rotatable bonds is 4. The van der Waals surface area contributed by atoms with Gasteiger partial charge in [-0.1, -0.05) is 6.07 Å². The summed E-state index contributed by atoms with van der Waals surface area (Å²) in [5.41, 5.74) is 7.41. The van der Waals surface area contributed by atoms with Gasteiger partial charge >= 0.3 is 0 Å². The molecule has 0 atom stereocenters. The fourth-order valence-corrected chi connectivity index (χ4v) is 1.29. The molecular formula is C11H13N5. The van der Waals surface area contributed by atoms with E-state index in [9.17, 15) is 0 Å². The predicted octanol–water partition coefficient (Wildman–Crippen LogP) is 0.744. The van der Waals surface area contributed by atoms with Gasteiger partial charge in [0.25, 0.3) is 0 Å². The van der Waals surface area contributed by atoms with Crippen LogP contribution in [0.3, 0.4) is 0 Å². The number of nitrogens with zero attached hydrogens (tertiary/aromatic N) is 3. The maximum Gasteiger partial charge on any atom is 0.219 e. The summed E-state index contributed by atoms with van der Waals surface area (Å²) in [6, 6.07) is 5.85. The number of aromatic nitrogens is 3. The van der Waals surface area contributed by atoms with E-state index in [1.807, 2.05) is 18.2 Å². The lowest BCUT2D eigenvalue weighted by Gasteiger charge is -2.03. The van der Waals surface area contributed by atoms with Crippen LogP contribution in [0.4, 0.5) is 5.95 Å². The third-order valence-corrected chi connectivity index (χ3v) is 2.09. The summed E-state index contributed by atoms with van der Waals surface area (Å²) in [5.74, 6) is 0.300. The van der Waals surface area contributed by atoms with Crippen LogP contribution >= 0.6 is 0 Å². The largest absolute Gasteiger partial charge is 0.368 e. The molecule has 0 bridgehead atoms. The van der Waals surface area contributed by atoms with Crippen molar-refractivity contribution in [2.75, 3.05) is 5.73 Å². The Kier molecular flexibility index (Phi) is 3.40. The number of nitrogens with one attached hydrogen (secondary N) is 1. The first-order valence-electron chi connectivity index (χ1n) is 5.01. The van der Waals surface area contributed by atoms with Gasteiger partial charge < -0.3 is 11.1 Å². The fraction of sp³-hybridized carbons (Fsp3) is 0.182. The highest BCUT2D eigenvalue weighted by atomic mass is 15.0. The van der Waals surface area contributed by atoms with Gasteiger partial charge in [-0.05, 0) is 12.1 Å². The van der Waals surface area contributed by atoms with Crippen molar-refractivity contribution in [3.8, 4) is 0 Å². The number of hydrogen-bond acceptors (Lipinski definition) is 5. The zero-order chi connectivity index (χ0) is 11.2. The second-order valence-corrected chi connectivity index (χ2v) is 3.37. The molecule has 0 aliphatic rings. The van der Waals surface area contributed by atoms with Crippen molar-refractivity contribution < 1.29 is 0 Å². The molecule has 0 aliphatic heterocycles. The minimum Gasteiger partial charge on any atom is -0.368 e. The first kappa shape index (κ1) is 10.5. The van der Waals surface area contributed by atoms with Crippen molar-refractivity contribution in [1.29, 1.82) is 0 Å². The number of hydrogen-bond donors (Lipinski definition) is 2. The molecule has 0 unspecified atom stereocenters. The smallest absolute Gasteiger partial charge is 0.219 e. The minimum atomic E-state index is 0.300. The van der Waals surface area contributed by atoms with E-state index in [4.69, 9.17) is 5.73 Å². The van der Waals surface area contributed by atoms with Crippen LogP contribution in [0.15, 0.2) is 36.8 Å². The molecule has 5 heteroatoms. The lowest BCUT2D eigenvalue weighted by Crippen LogP contribution is -2.14. The summed E-state index contributed by atoms with van der Waals surface area (Å²) in [7, 11) is 0. The quantitative estimate of drug-likeness (QED) is 0.786. The third-order valence-electron chi connectivity index (χ3n) is 2.09. The van der Waals surface area contributed by atoms with Gasteiger partial charge in [-0.3, -0.25) is 4.98 Å². The Morgan fingerprint density at radius 1 is 1.06 bits per heavy atom. The molecule has 0 amide bonds. The molecule has 0 fully saturated rings. The van der Waals surface area contributed by atoms with Crippen LogP contribution in [-0.4, -0.2) is 15.0 Å². The van der Waals surface area contributed by atoms with Gasteiger partial charge in [0.1, 0.15) is 0 Å². The molecule has 0 saturated carbocycles. The van der Waals surface area contributed by atoms with Crippen LogP contribution in [0, 0.1) is 0 Å². The first-order chi connectivity index (χ1) is 7.84. The SMILES string of the molecule is Nc1ncc(CNCc2ccccn2)cn1. The van der Waals surface area contributed by atoms with Gasteiger partial charge in [0, 0.05) is 37.2 Å². The summed E-state index contributed by atoms with van der Waals surface area (Å²) in [4.78, 5) is 12.0. The molecular weight excluding hydrogens is 202 g/mol. The van der Waals surface area contributed by atoms with Crippen molar-refractivity contribution in [3.05, 3.63) is 48.0 Å². The molecule has 16 heavy (non-hydrogen) atoms. The minimum absolute atomic E-state index is 0.300. The predicted molar refractivity (Wildman–Crippen MR) is 61.2 cm³/mol. The van der Waals surface area contributed by atoms with Crippen LogP contribution in [0.5, 0.6) is 0 Å². The summed E-state index contributed by atoms with van der Waals surface area (Å²) < 4.78 is 0. The molecule has 0 saturated heterocycles. The van der Waals surface area contributed by atoms with Crippen LogP contribution in [0.25, 0.3) is 0 Å². The molecule has 0 radical (unpaired) electrons. The average molecular weight is 215 g/mol. The lowest BCUT2D eigenvalue weighted by atomic mass is 10.3. The van der Waals surface area contributed by atoms with E-state index < -0.39 is 0 Å². The van der Waals surface area contributed by atoms with E-state index in [1.165, 1.54) is 0 Å². The van der Waals surface area contributed by atoms with E-state index in [0.717, 1.165) is 17.8 Å². The molecule has 0 aromatic carbocycles. The van der Waals surface area contributed by atoms with Crippen molar-refractivity contribution >= 4 is 5.95 Å². The molecule has 2 aromatic heterocycles. The summed E-state index contributed by atoms with van der Waals surface area (Å²) in [5, 5.41) is 3.25. The Labute approximate surface area is 93.8 Å². The summed E-state index contributed by atoms with van der Waals surface area (Å²) in [6.45, 7) is 1.43. The van der Waals surface area contributed by atoms with Crippen LogP contribution in [-0.2, 0) is 13.1 Å². The van der Waals surface area contributed by atoms with Gasteiger partial charge in [0.05, 0.1) is 5.69 Å². The Morgan fingerprint density at radius 2 is 1.88 bits per heavy atom. The topological polar surface area (TPSA) is 76.7 Å². The first-order valence-corrected chi connectivity index (χ1v) is 5.01. The van der Waals surface area contributed by atoms with E-state index in [0.29, 0.717) is 12.5 Å². The van der Waals surface area contributed by atoms with Crippen molar-refractivity contribution in [1.82, 2.24) is 20.3 Å². The normalized spacial score (nSPS) is 10.2. The molecule has 2 heterocycles. The highest BCUT2D eigenvalue weighted by molar-refractivity contribution is 5.17. The van der Waals surface area contributed by atoms with Crippen molar-refractivity contribution in [2.24, 2.45) is 0 Å². The van der Waals surface area contributed by atoms with Crippen LogP contribution < -0.4 is 11.1 Å². The molecule has 2 rings (SSSR count). The number of anilines is 1. The van der Waals surface area contributed by atoms with E-state index in [1.54, 1.807) is 18.6 Å². The molecule has 0 aliphatic carbocycles. The number of nitrogens with two attached hydrogens (primary N) is 1. The van der Waals surface area contributed by atoms with Gasteiger partial charge in [0.2, 0.25) is 5.95 Å². The van der Waals surface area contributed by atoms with Gasteiger partial charge in [0.15, 0.2) is 0 Å². The molecule has 82 valence electrons. The second-order valence-electron chi connectivity index (χ2n) is 3.37. The van der Waals surface area contributed by atoms with Crippen LogP contribution in [0.2, 0.25) is 0 Å². The Balaban J connectivity index is 1.82. The molecule has 5 nitrogen and oxygen atoms in total. The van der Waals surface area contributed by atoms with Gasteiger partial charge in [-0.2, -0.15) is 0 Å². The fourth-order valence-electron chi connectivity index (χ4n) is 1.29. The Morgan fingerprint density at radius 3 is 2.56 bits per heavy atom. The highest BCUT2D eigenvalue weighted by Crippen LogP contribution is 1.97. The van der Waals surface area contributed by atoms with E-state index in [-0.39, 0.29) is 0 Å². The van der Waals surface area contributed by atoms with Crippen molar-refractivity contribution in [3.63, 3.8) is 0 Å². The molecule has 0 spiro atoms. The maximum absolute atomic E-state index is 5.39.